The van der Waals surface area contributed by atoms with Crippen LogP contribution in [0.1, 0.15) is 50.4 Å². The molecule has 1 aromatic heterocycles. The fraction of sp³-hybridized carbons (Fsp3) is 0.265. The van der Waals surface area contributed by atoms with Crippen molar-refractivity contribution < 1.29 is 23.7 Å². The van der Waals surface area contributed by atoms with Gasteiger partial charge < -0.3 is 18.9 Å². The Morgan fingerprint density at radius 1 is 1.07 bits per heavy atom. The molecule has 3 aromatic carbocycles. The number of hydrogen-bond acceptors (Lipinski definition) is 8. The van der Waals surface area contributed by atoms with Crippen molar-refractivity contribution in [2.45, 2.75) is 46.4 Å². The summed E-state index contributed by atoms with van der Waals surface area (Å²) < 4.78 is 26.1. The number of rotatable bonds is 10. The Bertz CT molecular complexity index is 1870. The first-order valence-electron chi connectivity index (χ1n) is 14.2. The van der Waals surface area contributed by atoms with E-state index < -0.39 is 12.0 Å². The zero-order chi connectivity index (χ0) is 31.4. The second kappa shape index (κ2) is 13.8. The van der Waals surface area contributed by atoms with Crippen molar-refractivity contribution in [3.63, 3.8) is 0 Å². The van der Waals surface area contributed by atoms with Crippen LogP contribution in [0.25, 0.3) is 6.08 Å². The summed E-state index contributed by atoms with van der Waals surface area (Å²) in [5.74, 6) is 1.29. The molecule has 228 valence electrons. The van der Waals surface area contributed by atoms with Crippen LogP contribution in [-0.2, 0) is 16.1 Å². The van der Waals surface area contributed by atoms with Crippen LogP contribution < -0.4 is 29.1 Å². The fourth-order valence-electron chi connectivity index (χ4n) is 4.87. The second-order valence-electron chi connectivity index (χ2n) is 10.4. The number of benzene rings is 3. The van der Waals surface area contributed by atoms with E-state index >= 15 is 0 Å². The summed E-state index contributed by atoms with van der Waals surface area (Å²) in [6.07, 6.45) is 1.77. The number of esters is 1. The van der Waals surface area contributed by atoms with Gasteiger partial charge >= 0.3 is 5.97 Å². The second-order valence-corrected chi connectivity index (χ2v) is 12.6. The van der Waals surface area contributed by atoms with E-state index in [9.17, 15) is 9.59 Å². The van der Waals surface area contributed by atoms with Crippen LogP contribution in [-0.4, -0.2) is 30.4 Å². The number of fused-ring (bicyclic) bond motifs is 1. The van der Waals surface area contributed by atoms with Gasteiger partial charge in [-0.1, -0.05) is 41.7 Å². The van der Waals surface area contributed by atoms with Crippen LogP contribution in [0.2, 0.25) is 0 Å². The lowest BCUT2D eigenvalue weighted by molar-refractivity contribution is -0.139. The van der Waals surface area contributed by atoms with Crippen LogP contribution in [0, 0.1) is 3.57 Å². The predicted molar refractivity (Wildman–Crippen MR) is 179 cm³/mol. The van der Waals surface area contributed by atoms with Crippen LogP contribution in [0.15, 0.2) is 87.8 Å². The van der Waals surface area contributed by atoms with Gasteiger partial charge in [0.2, 0.25) is 0 Å². The highest BCUT2D eigenvalue weighted by Crippen LogP contribution is 2.36. The van der Waals surface area contributed by atoms with Crippen LogP contribution in [0.5, 0.6) is 17.2 Å². The zero-order valence-electron chi connectivity index (χ0n) is 25.1. The maximum atomic E-state index is 14.0. The Hall–Kier alpha value is -3.90. The molecule has 0 radical (unpaired) electrons. The molecule has 0 saturated heterocycles. The molecule has 44 heavy (non-hydrogen) atoms. The number of methoxy groups -OCH3 is 1. The van der Waals surface area contributed by atoms with Crippen molar-refractivity contribution in [3.05, 3.63) is 118 Å². The lowest BCUT2D eigenvalue weighted by Crippen LogP contribution is -2.40. The summed E-state index contributed by atoms with van der Waals surface area (Å²) in [4.78, 5) is 32.4. The molecule has 0 aliphatic carbocycles. The SMILES string of the molecule is CCOC(=O)C1=C(C)N=c2s/c(=C\c3ccc(OCc4ccc(I)cc4)cc3)c(=O)n2[C@H]1c1ccc(OC(C)C)c(OC)c1. The molecule has 0 fully saturated rings. The highest BCUT2D eigenvalue weighted by molar-refractivity contribution is 14.1. The molecule has 1 atom stereocenters. The van der Waals surface area contributed by atoms with Gasteiger partial charge in [-0.2, -0.15) is 0 Å². The summed E-state index contributed by atoms with van der Waals surface area (Å²) in [6, 6.07) is 20.4. The molecular weight excluding hydrogens is 691 g/mol. The fourth-order valence-corrected chi connectivity index (χ4v) is 6.28. The van der Waals surface area contributed by atoms with Crippen LogP contribution in [0.4, 0.5) is 0 Å². The van der Waals surface area contributed by atoms with E-state index in [-0.39, 0.29) is 18.3 Å². The highest BCUT2D eigenvalue weighted by atomic mass is 127. The summed E-state index contributed by atoms with van der Waals surface area (Å²) in [6.45, 7) is 8.04. The van der Waals surface area contributed by atoms with Crippen molar-refractivity contribution in [3.8, 4) is 17.2 Å². The molecule has 10 heteroatoms. The highest BCUT2D eigenvalue weighted by Gasteiger charge is 2.34. The van der Waals surface area contributed by atoms with Gasteiger partial charge in [0.15, 0.2) is 16.3 Å². The molecule has 0 saturated carbocycles. The molecule has 4 aromatic rings. The smallest absolute Gasteiger partial charge is 0.338 e. The number of carbonyl (C=O) groups excluding carboxylic acids is 1. The summed E-state index contributed by atoms with van der Waals surface area (Å²) >= 11 is 3.55. The third-order valence-corrected chi connectivity index (χ3v) is 8.58. The third kappa shape index (κ3) is 6.91. The summed E-state index contributed by atoms with van der Waals surface area (Å²) in [5.41, 5.74) is 3.15. The molecule has 5 rings (SSSR count). The Labute approximate surface area is 273 Å². The Morgan fingerprint density at radius 3 is 2.45 bits per heavy atom. The maximum Gasteiger partial charge on any atom is 0.338 e. The number of allylic oxidation sites excluding steroid dienone is 1. The monoisotopic (exact) mass is 724 g/mol. The zero-order valence-corrected chi connectivity index (χ0v) is 28.1. The molecule has 1 aliphatic rings. The topological polar surface area (TPSA) is 88.4 Å². The molecule has 1 aliphatic heterocycles. The van der Waals surface area contributed by atoms with Crippen molar-refractivity contribution >= 4 is 46.0 Å². The standard InChI is InChI=1S/C34H33IN2O6S/c1-6-41-33(39)30-21(4)36-34-37(31(30)24-11-16-27(43-20(2)3)28(18-24)40-5)32(38)29(44-34)17-22-9-14-26(15-10-22)42-19-23-7-12-25(35)13-8-23/h7-18,20,31H,6,19H2,1-5H3/b29-17-/t31-/m0/s1. The van der Waals surface area contributed by atoms with E-state index in [1.807, 2.05) is 74.5 Å². The minimum absolute atomic E-state index is 0.0572. The molecule has 0 unspecified atom stereocenters. The van der Waals surface area contributed by atoms with Crippen molar-refractivity contribution in [1.29, 1.82) is 0 Å². The third-order valence-electron chi connectivity index (χ3n) is 6.88. The minimum Gasteiger partial charge on any atom is -0.493 e. The van der Waals surface area contributed by atoms with E-state index in [2.05, 4.69) is 27.6 Å². The number of ether oxygens (including phenoxy) is 4. The lowest BCUT2D eigenvalue weighted by Gasteiger charge is -2.25. The molecule has 0 spiro atoms. The Kier molecular flexibility index (Phi) is 9.90. The normalized spacial score (nSPS) is 14.7. The van der Waals surface area contributed by atoms with Crippen LogP contribution >= 0.6 is 33.9 Å². The number of aromatic nitrogens is 1. The maximum absolute atomic E-state index is 14.0. The lowest BCUT2D eigenvalue weighted by atomic mass is 9.95. The van der Waals surface area contributed by atoms with Crippen molar-refractivity contribution in [1.82, 2.24) is 4.57 Å². The van der Waals surface area contributed by atoms with Crippen molar-refractivity contribution in [2.75, 3.05) is 13.7 Å². The molecule has 8 nitrogen and oxygen atoms in total. The van der Waals surface area contributed by atoms with Gasteiger partial charge in [-0.05, 0) is 109 Å². The molecular formula is C34H33IN2O6S. The summed E-state index contributed by atoms with van der Waals surface area (Å²) in [7, 11) is 1.56. The van der Waals surface area contributed by atoms with Gasteiger partial charge in [0.05, 0.1) is 41.7 Å². The number of thiazole rings is 1. The average molecular weight is 725 g/mol. The van der Waals surface area contributed by atoms with E-state index in [0.717, 1.165) is 16.9 Å². The number of carbonyl (C=O) groups is 1. The molecule has 0 N–H and O–H groups in total. The van der Waals surface area contributed by atoms with E-state index in [1.165, 1.54) is 14.9 Å². The Balaban J connectivity index is 1.52. The minimum atomic E-state index is -0.758. The van der Waals surface area contributed by atoms with Gasteiger partial charge in [0, 0.05) is 3.57 Å². The quantitative estimate of drug-likeness (QED) is 0.152. The Morgan fingerprint density at radius 2 is 1.80 bits per heavy atom. The van der Waals surface area contributed by atoms with Gasteiger partial charge in [0.1, 0.15) is 12.4 Å². The van der Waals surface area contributed by atoms with Gasteiger partial charge in [-0.25, -0.2) is 9.79 Å². The first kappa shape index (κ1) is 31.5. The first-order valence-corrected chi connectivity index (χ1v) is 16.1. The molecule has 2 heterocycles. The van der Waals surface area contributed by atoms with E-state index in [0.29, 0.717) is 44.3 Å². The van der Waals surface area contributed by atoms with E-state index in [4.69, 9.17) is 18.9 Å². The first-order chi connectivity index (χ1) is 21.2. The van der Waals surface area contributed by atoms with Gasteiger partial charge in [-0.3, -0.25) is 9.36 Å². The van der Waals surface area contributed by atoms with Gasteiger partial charge in [0.25, 0.3) is 5.56 Å². The number of hydrogen-bond donors (Lipinski definition) is 0. The van der Waals surface area contributed by atoms with Crippen LogP contribution in [0.3, 0.4) is 0 Å². The largest absolute Gasteiger partial charge is 0.493 e. The predicted octanol–water partition coefficient (Wildman–Crippen LogP) is 5.78. The molecule has 0 amide bonds. The van der Waals surface area contributed by atoms with E-state index in [1.54, 1.807) is 37.7 Å². The summed E-state index contributed by atoms with van der Waals surface area (Å²) in [5, 5.41) is 0. The number of nitrogens with zero attached hydrogens (tertiary/aromatic N) is 2. The number of halogens is 1. The van der Waals surface area contributed by atoms with Gasteiger partial charge in [-0.15, -0.1) is 0 Å². The average Bonchev–Trinajstić information content (AvgIpc) is 3.30. The van der Waals surface area contributed by atoms with Crippen molar-refractivity contribution in [2.24, 2.45) is 4.99 Å². The molecule has 0 bridgehead atoms.